The first-order chi connectivity index (χ1) is 15.0. The normalized spacial score (nSPS) is 13.2. The Bertz CT molecular complexity index is 751. The van der Waals surface area contributed by atoms with Crippen LogP contribution < -0.4 is 0 Å². The van der Waals surface area contributed by atoms with E-state index in [9.17, 15) is 25.2 Å². The summed E-state index contributed by atoms with van der Waals surface area (Å²) in [5, 5.41) is 38.3. The smallest absolute Gasteiger partial charge is 0.170 e. The van der Waals surface area contributed by atoms with E-state index in [1.165, 1.54) is 0 Å². The highest BCUT2D eigenvalue weighted by molar-refractivity contribution is 6.01. The van der Waals surface area contributed by atoms with E-state index in [0.717, 1.165) is 57.1 Å². The van der Waals surface area contributed by atoms with Gasteiger partial charge in [-0.2, -0.15) is 0 Å². The number of hydrogen-bond acceptors (Lipinski definition) is 5. The summed E-state index contributed by atoms with van der Waals surface area (Å²) in [6.07, 6.45) is 23.1. The molecule has 0 fully saturated rings. The Morgan fingerprint density at radius 2 is 1.39 bits per heavy atom. The van der Waals surface area contributed by atoms with Crippen molar-refractivity contribution >= 4 is 5.78 Å². The van der Waals surface area contributed by atoms with E-state index in [1.54, 1.807) is 0 Å². The maximum atomic E-state index is 12.1. The molecule has 0 aliphatic carbocycles. The molecule has 4 N–H and O–H groups in total. The van der Waals surface area contributed by atoms with Crippen LogP contribution in [0.4, 0.5) is 0 Å². The average Bonchev–Trinajstić information content (AvgIpc) is 2.70. The Hall–Kier alpha value is -2.79. The second kappa shape index (κ2) is 16.0. The minimum Gasteiger partial charge on any atom is -0.508 e. The van der Waals surface area contributed by atoms with Crippen LogP contribution in [0.1, 0.15) is 75.1 Å². The number of aromatic hydroxyl groups is 3. The first-order valence-corrected chi connectivity index (χ1v) is 11.0. The third-order valence-electron chi connectivity index (χ3n) is 4.65. The summed E-state index contributed by atoms with van der Waals surface area (Å²) < 4.78 is 0. The molecule has 170 valence electrons. The summed E-state index contributed by atoms with van der Waals surface area (Å²) in [5.41, 5.74) is -0.137. The predicted octanol–water partition coefficient (Wildman–Crippen LogP) is 6.10. The van der Waals surface area contributed by atoms with Gasteiger partial charge in [-0.25, -0.2) is 0 Å². The third kappa shape index (κ3) is 11.8. The van der Waals surface area contributed by atoms with Crippen LogP contribution in [0.25, 0.3) is 0 Å². The van der Waals surface area contributed by atoms with Crippen LogP contribution in [-0.2, 0) is 0 Å². The van der Waals surface area contributed by atoms with E-state index >= 15 is 0 Å². The number of phenolic OH excluding ortho intramolecular Hbond substituents is 3. The molecule has 31 heavy (non-hydrogen) atoms. The molecule has 0 heterocycles. The van der Waals surface area contributed by atoms with E-state index in [2.05, 4.69) is 37.3 Å². The molecule has 5 heteroatoms. The van der Waals surface area contributed by atoms with Gasteiger partial charge in [0.05, 0.1) is 6.10 Å². The van der Waals surface area contributed by atoms with Gasteiger partial charge < -0.3 is 20.4 Å². The van der Waals surface area contributed by atoms with Gasteiger partial charge in [0.1, 0.15) is 22.8 Å². The highest BCUT2D eigenvalue weighted by atomic mass is 16.3. The van der Waals surface area contributed by atoms with Gasteiger partial charge in [0, 0.05) is 18.6 Å². The van der Waals surface area contributed by atoms with Gasteiger partial charge in [0.15, 0.2) is 5.78 Å². The lowest BCUT2D eigenvalue weighted by atomic mass is 10.0. The molecule has 0 spiro atoms. The third-order valence-corrected chi connectivity index (χ3v) is 4.65. The van der Waals surface area contributed by atoms with Gasteiger partial charge in [0.25, 0.3) is 0 Å². The quantitative estimate of drug-likeness (QED) is 0.154. The van der Waals surface area contributed by atoms with Crippen molar-refractivity contribution in [3.8, 4) is 17.2 Å². The number of phenols is 3. The number of carbonyl (C=O) groups excluding carboxylic acids is 1. The number of aliphatic hydroxyl groups is 1. The molecule has 1 aromatic rings. The van der Waals surface area contributed by atoms with E-state index in [4.69, 9.17) is 0 Å². The lowest BCUT2D eigenvalue weighted by Crippen LogP contribution is -2.02. The summed E-state index contributed by atoms with van der Waals surface area (Å²) in [5.74, 6) is -1.44. The number of rotatable bonds is 15. The highest BCUT2D eigenvalue weighted by Gasteiger charge is 2.16. The van der Waals surface area contributed by atoms with Crippen molar-refractivity contribution in [1.82, 2.24) is 0 Å². The summed E-state index contributed by atoms with van der Waals surface area (Å²) in [6.45, 7) is 2.07. The SMILES string of the molecule is CCC[C@@H](O)CC=CCC=CCC=CCC=CCCCC(=O)c1c(O)cc(O)cc1O. The number of unbranched alkanes of at least 4 members (excludes halogenated alkanes) is 1. The van der Waals surface area contributed by atoms with Crippen molar-refractivity contribution in [1.29, 1.82) is 0 Å². The van der Waals surface area contributed by atoms with Gasteiger partial charge >= 0.3 is 0 Å². The fourth-order valence-electron chi connectivity index (χ4n) is 3.02. The molecule has 0 saturated heterocycles. The molecule has 0 aliphatic rings. The fourth-order valence-corrected chi connectivity index (χ4v) is 3.02. The standard InChI is InChI=1S/C26H36O5/c1-2-16-21(27)17-14-12-10-8-6-4-3-5-7-9-11-13-15-18-23(29)26-24(30)19-22(28)20-25(26)31/h3,5-6,8-9,11-12,14,19-21,27-28,30-31H,2,4,7,10,13,15-18H2,1H3/t21-/m1/s1. The molecule has 0 radical (unpaired) electrons. The average molecular weight is 429 g/mol. The van der Waals surface area contributed by atoms with E-state index in [-0.39, 0.29) is 29.6 Å². The molecule has 5 nitrogen and oxygen atoms in total. The predicted molar refractivity (Wildman–Crippen MR) is 126 cm³/mol. The molecule has 1 aromatic carbocycles. The van der Waals surface area contributed by atoms with Crippen LogP contribution in [-0.4, -0.2) is 32.3 Å². The van der Waals surface area contributed by atoms with Crippen molar-refractivity contribution < 1.29 is 25.2 Å². The lowest BCUT2D eigenvalue weighted by molar-refractivity contribution is 0.0975. The molecule has 1 atom stereocenters. The summed E-state index contributed by atoms with van der Waals surface area (Å²) in [7, 11) is 0. The van der Waals surface area contributed by atoms with Gasteiger partial charge in [-0.3, -0.25) is 4.79 Å². The molecular weight excluding hydrogens is 392 g/mol. The number of aliphatic hydroxyl groups excluding tert-OH is 1. The van der Waals surface area contributed by atoms with Crippen LogP contribution >= 0.6 is 0 Å². The molecule has 0 aromatic heterocycles. The van der Waals surface area contributed by atoms with E-state index < -0.39 is 11.5 Å². The first-order valence-electron chi connectivity index (χ1n) is 11.0. The molecule has 0 saturated carbocycles. The van der Waals surface area contributed by atoms with E-state index in [1.807, 2.05) is 18.2 Å². The van der Waals surface area contributed by atoms with Crippen molar-refractivity contribution in [3.63, 3.8) is 0 Å². The number of hydrogen-bond donors (Lipinski definition) is 4. The largest absolute Gasteiger partial charge is 0.508 e. The summed E-state index contributed by atoms with van der Waals surface area (Å²) in [6, 6.07) is 2.09. The van der Waals surface area contributed by atoms with Crippen molar-refractivity contribution in [2.45, 2.75) is 70.8 Å². The number of Topliss-reactive ketones (excluding diaryl/α,β-unsaturated/α-hetero) is 1. The van der Waals surface area contributed by atoms with E-state index in [0.29, 0.717) is 6.42 Å². The van der Waals surface area contributed by atoms with Gasteiger partial charge in [-0.1, -0.05) is 62.0 Å². The maximum Gasteiger partial charge on any atom is 0.170 e. The number of benzene rings is 1. The van der Waals surface area contributed by atoms with Crippen LogP contribution in [0.15, 0.2) is 60.7 Å². The zero-order valence-corrected chi connectivity index (χ0v) is 18.4. The molecule has 0 bridgehead atoms. The Morgan fingerprint density at radius 1 is 0.871 bits per heavy atom. The maximum absolute atomic E-state index is 12.1. The number of carbonyl (C=O) groups is 1. The fraction of sp³-hybridized carbons (Fsp3) is 0.423. The molecule has 0 aliphatic heterocycles. The Kier molecular flexibility index (Phi) is 13.5. The van der Waals surface area contributed by atoms with Crippen LogP contribution in [0.5, 0.6) is 17.2 Å². The monoisotopic (exact) mass is 428 g/mol. The zero-order chi connectivity index (χ0) is 22.9. The number of allylic oxidation sites excluding steroid dienone is 7. The van der Waals surface area contributed by atoms with Gasteiger partial charge in [-0.05, 0) is 44.9 Å². The minimum absolute atomic E-state index is 0.137. The van der Waals surface area contributed by atoms with Crippen molar-refractivity contribution in [3.05, 3.63) is 66.3 Å². The van der Waals surface area contributed by atoms with Gasteiger partial charge in [0.2, 0.25) is 0 Å². The highest BCUT2D eigenvalue weighted by Crippen LogP contribution is 2.33. The van der Waals surface area contributed by atoms with Crippen molar-refractivity contribution in [2.75, 3.05) is 0 Å². The molecule has 1 rings (SSSR count). The zero-order valence-electron chi connectivity index (χ0n) is 18.4. The van der Waals surface area contributed by atoms with Crippen LogP contribution in [0.3, 0.4) is 0 Å². The Morgan fingerprint density at radius 3 is 1.94 bits per heavy atom. The van der Waals surface area contributed by atoms with Crippen LogP contribution in [0.2, 0.25) is 0 Å². The molecular formula is C26H36O5. The second-order valence-corrected chi connectivity index (χ2v) is 7.45. The lowest BCUT2D eigenvalue weighted by Gasteiger charge is -2.06. The Balaban J connectivity index is 2.13. The summed E-state index contributed by atoms with van der Waals surface area (Å²) >= 11 is 0. The van der Waals surface area contributed by atoms with Gasteiger partial charge in [-0.15, -0.1) is 0 Å². The Labute approximate surface area is 185 Å². The minimum atomic E-state index is -0.404. The topological polar surface area (TPSA) is 98.0 Å². The number of ketones is 1. The van der Waals surface area contributed by atoms with Crippen molar-refractivity contribution in [2.24, 2.45) is 0 Å². The van der Waals surface area contributed by atoms with Crippen LogP contribution in [0, 0.1) is 0 Å². The summed E-state index contributed by atoms with van der Waals surface area (Å²) in [4.78, 5) is 12.1. The second-order valence-electron chi connectivity index (χ2n) is 7.45. The molecule has 0 amide bonds. The molecule has 0 unspecified atom stereocenters. The first kappa shape index (κ1) is 26.2.